The summed E-state index contributed by atoms with van der Waals surface area (Å²) in [7, 11) is -3.60. The SMILES string of the molecule is CC(=N)c1c(NC2CCCCC2)nc(C2CCCN(S(=O)(=O)c3ccccc3)C2)[nH]c1=O. The van der Waals surface area contributed by atoms with E-state index in [0.717, 1.165) is 32.1 Å². The third kappa shape index (κ3) is 4.78. The summed E-state index contributed by atoms with van der Waals surface area (Å²) in [6.45, 7) is 2.31. The molecule has 1 aromatic carbocycles. The number of nitrogens with zero attached hydrogens (tertiary/aromatic N) is 2. The average molecular weight is 458 g/mol. The molecule has 1 saturated carbocycles. The number of sulfonamides is 1. The molecule has 1 aliphatic carbocycles. The number of anilines is 1. The molecule has 1 saturated heterocycles. The van der Waals surface area contributed by atoms with E-state index < -0.39 is 10.0 Å². The maximum Gasteiger partial charge on any atom is 0.262 e. The molecule has 9 heteroatoms. The van der Waals surface area contributed by atoms with E-state index in [1.54, 1.807) is 37.3 Å². The standard InChI is InChI=1S/C23H31N5O3S/c1-16(24)20-22(25-18-10-4-2-5-11-18)26-21(27-23(20)29)17-9-8-14-28(15-17)32(30,31)19-12-6-3-7-13-19/h3,6-7,12-13,17-18,24H,2,4-5,8-11,14-15H2,1H3,(H2,25,26,27,29). The predicted octanol–water partition coefficient (Wildman–Crippen LogP) is 3.47. The molecule has 32 heavy (non-hydrogen) atoms. The molecule has 1 aliphatic heterocycles. The number of rotatable bonds is 6. The van der Waals surface area contributed by atoms with Gasteiger partial charge in [-0.05, 0) is 44.7 Å². The van der Waals surface area contributed by atoms with E-state index in [-0.39, 0.29) is 40.2 Å². The lowest BCUT2D eigenvalue weighted by atomic mass is 9.95. The van der Waals surface area contributed by atoms with Gasteiger partial charge in [-0.2, -0.15) is 4.31 Å². The molecule has 0 spiro atoms. The van der Waals surface area contributed by atoms with Crippen LogP contribution in [0.15, 0.2) is 40.0 Å². The van der Waals surface area contributed by atoms with Gasteiger partial charge in [-0.3, -0.25) is 4.79 Å². The zero-order chi connectivity index (χ0) is 22.7. The minimum Gasteiger partial charge on any atom is -0.367 e. The van der Waals surface area contributed by atoms with Crippen LogP contribution in [0.5, 0.6) is 0 Å². The van der Waals surface area contributed by atoms with Crippen molar-refractivity contribution in [3.63, 3.8) is 0 Å². The fraction of sp³-hybridized carbons (Fsp3) is 0.522. The molecule has 0 amide bonds. The van der Waals surface area contributed by atoms with Gasteiger partial charge in [0.2, 0.25) is 10.0 Å². The van der Waals surface area contributed by atoms with Crippen molar-refractivity contribution in [2.24, 2.45) is 0 Å². The molecule has 0 bridgehead atoms. The highest BCUT2D eigenvalue weighted by molar-refractivity contribution is 7.89. The molecular weight excluding hydrogens is 426 g/mol. The second-order valence-corrected chi connectivity index (χ2v) is 10.7. The molecule has 1 aromatic heterocycles. The molecule has 2 aromatic rings. The van der Waals surface area contributed by atoms with Crippen LogP contribution < -0.4 is 10.9 Å². The first-order valence-corrected chi connectivity index (χ1v) is 12.8. The number of nitrogens with one attached hydrogen (secondary N) is 3. The van der Waals surface area contributed by atoms with E-state index >= 15 is 0 Å². The van der Waals surface area contributed by atoms with Gasteiger partial charge in [-0.1, -0.05) is 37.5 Å². The summed E-state index contributed by atoms with van der Waals surface area (Å²) in [4.78, 5) is 20.7. The summed E-state index contributed by atoms with van der Waals surface area (Å²) in [6.07, 6.45) is 6.98. The van der Waals surface area contributed by atoms with Crippen molar-refractivity contribution >= 4 is 21.6 Å². The van der Waals surface area contributed by atoms with E-state index in [1.807, 2.05) is 0 Å². The first kappa shape index (κ1) is 22.7. The van der Waals surface area contributed by atoms with Crippen LogP contribution in [0.2, 0.25) is 0 Å². The maximum absolute atomic E-state index is 13.1. The minimum atomic E-state index is -3.60. The maximum atomic E-state index is 13.1. The smallest absolute Gasteiger partial charge is 0.262 e. The van der Waals surface area contributed by atoms with Crippen LogP contribution in [-0.2, 0) is 10.0 Å². The van der Waals surface area contributed by atoms with Gasteiger partial charge in [0.05, 0.1) is 4.90 Å². The van der Waals surface area contributed by atoms with Gasteiger partial charge in [-0.25, -0.2) is 13.4 Å². The molecule has 2 heterocycles. The van der Waals surface area contributed by atoms with Gasteiger partial charge in [0.1, 0.15) is 17.2 Å². The molecule has 3 N–H and O–H groups in total. The minimum absolute atomic E-state index is 0.167. The fourth-order valence-corrected chi connectivity index (χ4v) is 6.25. The third-order valence-corrected chi connectivity index (χ3v) is 8.29. The molecule has 172 valence electrons. The molecular formula is C23H31N5O3S. The Kier molecular flexibility index (Phi) is 6.76. The third-order valence-electron chi connectivity index (χ3n) is 6.41. The van der Waals surface area contributed by atoms with Gasteiger partial charge >= 0.3 is 0 Å². The summed E-state index contributed by atoms with van der Waals surface area (Å²) in [5, 5.41) is 11.5. The highest BCUT2D eigenvalue weighted by atomic mass is 32.2. The zero-order valence-corrected chi connectivity index (χ0v) is 19.2. The lowest BCUT2D eigenvalue weighted by molar-refractivity contribution is 0.309. The fourth-order valence-electron chi connectivity index (χ4n) is 4.70. The van der Waals surface area contributed by atoms with Gasteiger partial charge in [-0.15, -0.1) is 0 Å². The normalized spacial score (nSPS) is 20.7. The van der Waals surface area contributed by atoms with E-state index in [1.165, 1.54) is 10.7 Å². The van der Waals surface area contributed by atoms with Crippen LogP contribution in [0, 0.1) is 5.41 Å². The van der Waals surface area contributed by atoms with Crippen LogP contribution in [0.4, 0.5) is 5.82 Å². The molecule has 2 aliphatic rings. The second kappa shape index (κ2) is 9.54. The van der Waals surface area contributed by atoms with Gasteiger partial charge in [0.25, 0.3) is 5.56 Å². The van der Waals surface area contributed by atoms with Crippen molar-refractivity contribution in [3.05, 3.63) is 52.1 Å². The van der Waals surface area contributed by atoms with Crippen LogP contribution in [0.3, 0.4) is 0 Å². The van der Waals surface area contributed by atoms with E-state index in [2.05, 4.69) is 10.3 Å². The highest BCUT2D eigenvalue weighted by Gasteiger charge is 2.32. The zero-order valence-electron chi connectivity index (χ0n) is 18.4. The quantitative estimate of drug-likeness (QED) is 0.574. The molecule has 1 atom stereocenters. The first-order chi connectivity index (χ1) is 15.4. The number of hydrogen-bond donors (Lipinski definition) is 3. The van der Waals surface area contributed by atoms with Gasteiger partial charge < -0.3 is 15.7 Å². The predicted molar refractivity (Wildman–Crippen MR) is 125 cm³/mol. The van der Waals surface area contributed by atoms with Crippen molar-refractivity contribution in [2.45, 2.75) is 68.7 Å². The summed E-state index contributed by atoms with van der Waals surface area (Å²) >= 11 is 0. The largest absolute Gasteiger partial charge is 0.367 e. The highest BCUT2D eigenvalue weighted by Crippen LogP contribution is 2.30. The number of aromatic amines is 1. The average Bonchev–Trinajstić information content (AvgIpc) is 2.80. The van der Waals surface area contributed by atoms with Crippen LogP contribution in [-0.4, -0.2) is 47.5 Å². The van der Waals surface area contributed by atoms with Gasteiger partial charge in [0.15, 0.2) is 0 Å². The van der Waals surface area contributed by atoms with Crippen molar-refractivity contribution in [1.82, 2.24) is 14.3 Å². The van der Waals surface area contributed by atoms with Crippen LogP contribution in [0.1, 0.15) is 69.2 Å². The molecule has 8 nitrogen and oxygen atoms in total. The lowest BCUT2D eigenvalue weighted by Crippen LogP contribution is -2.40. The Morgan fingerprint density at radius 2 is 1.84 bits per heavy atom. The summed E-state index contributed by atoms with van der Waals surface area (Å²) in [6, 6.07) is 8.68. The molecule has 0 radical (unpaired) electrons. The number of hydrogen-bond acceptors (Lipinski definition) is 6. The monoisotopic (exact) mass is 457 g/mol. The summed E-state index contributed by atoms with van der Waals surface area (Å²) < 4.78 is 27.7. The Balaban J connectivity index is 1.62. The van der Waals surface area contributed by atoms with E-state index in [0.29, 0.717) is 24.6 Å². The second-order valence-electron chi connectivity index (χ2n) is 8.79. The Hall–Kier alpha value is -2.52. The number of aromatic nitrogens is 2. The van der Waals surface area contributed by atoms with Crippen LogP contribution in [0.25, 0.3) is 0 Å². The molecule has 2 fully saturated rings. The Morgan fingerprint density at radius 3 is 2.53 bits per heavy atom. The number of piperidine rings is 1. The molecule has 1 unspecified atom stereocenters. The van der Waals surface area contributed by atoms with Crippen LogP contribution >= 0.6 is 0 Å². The van der Waals surface area contributed by atoms with E-state index in [9.17, 15) is 13.2 Å². The Bertz CT molecular complexity index is 1120. The number of H-pyrrole nitrogens is 1. The summed E-state index contributed by atoms with van der Waals surface area (Å²) in [5.41, 5.74) is 0.0910. The van der Waals surface area contributed by atoms with Gasteiger partial charge in [0, 0.05) is 30.8 Å². The number of benzene rings is 1. The van der Waals surface area contributed by atoms with Crippen molar-refractivity contribution in [1.29, 1.82) is 5.41 Å². The van der Waals surface area contributed by atoms with Crippen molar-refractivity contribution in [3.8, 4) is 0 Å². The molecule has 4 rings (SSSR count). The lowest BCUT2D eigenvalue weighted by Gasteiger charge is -2.32. The topological polar surface area (TPSA) is 119 Å². The Morgan fingerprint density at radius 1 is 1.12 bits per heavy atom. The van der Waals surface area contributed by atoms with Crippen molar-refractivity contribution < 1.29 is 8.42 Å². The Labute approximate surface area is 189 Å². The first-order valence-electron chi connectivity index (χ1n) is 11.4. The van der Waals surface area contributed by atoms with Crippen molar-refractivity contribution in [2.75, 3.05) is 18.4 Å². The van der Waals surface area contributed by atoms with E-state index in [4.69, 9.17) is 10.4 Å². The summed E-state index contributed by atoms with van der Waals surface area (Å²) in [5.74, 6) is 0.736.